The van der Waals surface area contributed by atoms with Gasteiger partial charge in [0.1, 0.15) is 23.4 Å². The molecular formula is C25H32ClN5O4. The first kappa shape index (κ1) is 27.7. The highest BCUT2D eigenvalue weighted by Gasteiger charge is 2.38. The number of carbonyl (C=O) groups is 3. The third kappa shape index (κ3) is 8.65. The molecule has 9 nitrogen and oxygen atoms in total. The van der Waals surface area contributed by atoms with E-state index in [0.717, 1.165) is 5.56 Å². The average Bonchev–Trinajstić information content (AvgIpc) is 3.47. The third-order valence-electron chi connectivity index (χ3n) is 5.18. The first-order valence-corrected chi connectivity index (χ1v) is 11.3. The molecule has 188 valence electrons. The van der Waals surface area contributed by atoms with Crippen LogP contribution in [0, 0.1) is 11.8 Å². The standard InChI is InChI=1S/C25H31N5O4.ClH/c1-25(2,3)34-24(33)29-20(15-18-9-5-4-6-10-18)23(32)30-14-8-12-21(30)22(31)27-13-7-11-19-16-26-17-28-19;/h4-6,9-10,16-17,20-21H,8,12-15H2,1-3H3,(H,26,28)(H,27,31)(H,29,33);1H/t20-,21+;/m1./s1. The van der Waals surface area contributed by atoms with Gasteiger partial charge < -0.3 is 25.3 Å². The molecule has 0 saturated carbocycles. The van der Waals surface area contributed by atoms with Crippen LogP contribution in [0.1, 0.15) is 44.9 Å². The minimum atomic E-state index is -0.856. The zero-order valence-corrected chi connectivity index (χ0v) is 21.0. The van der Waals surface area contributed by atoms with Gasteiger partial charge in [-0.1, -0.05) is 36.3 Å². The van der Waals surface area contributed by atoms with E-state index in [1.807, 2.05) is 30.3 Å². The Hall–Kier alpha value is -3.51. The van der Waals surface area contributed by atoms with Crippen LogP contribution in [0.15, 0.2) is 42.9 Å². The van der Waals surface area contributed by atoms with Crippen LogP contribution in [-0.4, -0.2) is 63.5 Å². The first-order valence-electron chi connectivity index (χ1n) is 11.3. The summed E-state index contributed by atoms with van der Waals surface area (Å²) in [5, 5.41) is 5.49. The molecule has 10 heteroatoms. The quantitative estimate of drug-likeness (QED) is 0.526. The van der Waals surface area contributed by atoms with E-state index in [2.05, 4.69) is 32.4 Å². The van der Waals surface area contributed by atoms with Gasteiger partial charge in [0.2, 0.25) is 11.8 Å². The van der Waals surface area contributed by atoms with Crippen molar-refractivity contribution in [3.63, 3.8) is 0 Å². The summed E-state index contributed by atoms with van der Waals surface area (Å²) in [6, 6.07) is 7.96. The lowest BCUT2D eigenvalue weighted by molar-refractivity contribution is -0.139. The smallest absolute Gasteiger partial charge is 0.408 e. The Morgan fingerprint density at radius 3 is 2.66 bits per heavy atom. The molecule has 0 spiro atoms. The molecular weight excluding hydrogens is 470 g/mol. The molecule has 0 radical (unpaired) electrons. The van der Waals surface area contributed by atoms with Crippen molar-refractivity contribution in [1.82, 2.24) is 25.5 Å². The van der Waals surface area contributed by atoms with Gasteiger partial charge in [-0.25, -0.2) is 9.78 Å². The number of nitrogens with zero attached hydrogens (tertiary/aromatic N) is 2. The summed E-state index contributed by atoms with van der Waals surface area (Å²) in [6.07, 6.45) is 4.00. The van der Waals surface area contributed by atoms with Crippen molar-refractivity contribution in [2.24, 2.45) is 0 Å². The maximum absolute atomic E-state index is 13.5. The van der Waals surface area contributed by atoms with Gasteiger partial charge in [-0.15, -0.1) is 12.4 Å². The predicted molar refractivity (Wildman–Crippen MR) is 134 cm³/mol. The number of hydrogen-bond donors (Lipinski definition) is 3. The summed E-state index contributed by atoms with van der Waals surface area (Å²) in [7, 11) is 0. The Balaban J connectivity index is 0.00000432. The van der Waals surface area contributed by atoms with Crippen molar-refractivity contribution in [3.8, 4) is 11.8 Å². The van der Waals surface area contributed by atoms with Gasteiger partial charge >= 0.3 is 6.09 Å². The van der Waals surface area contributed by atoms with E-state index in [0.29, 0.717) is 31.5 Å². The van der Waals surface area contributed by atoms with Crippen molar-refractivity contribution in [2.75, 3.05) is 13.1 Å². The van der Waals surface area contributed by atoms with Crippen LogP contribution >= 0.6 is 12.4 Å². The van der Waals surface area contributed by atoms with E-state index in [1.54, 1.807) is 31.9 Å². The molecule has 1 aliphatic heterocycles. The summed E-state index contributed by atoms with van der Waals surface area (Å²) in [5.74, 6) is 5.15. The van der Waals surface area contributed by atoms with E-state index >= 15 is 0 Å². The Morgan fingerprint density at radius 1 is 1.26 bits per heavy atom. The van der Waals surface area contributed by atoms with Gasteiger partial charge in [0, 0.05) is 13.0 Å². The number of carbonyl (C=O) groups excluding carboxylic acids is 3. The first-order chi connectivity index (χ1) is 16.2. The van der Waals surface area contributed by atoms with Crippen molar-refractivity contribution >= 4 is 30.3 Å². The third-order valence-corrected chi connectivity index (χ3v) is 5.18. The molecule has 1 saturated heterocycles. The molecule has 3 amide bonds. The number of rotatable bonds is 6. The average molecular weight is 502 g/mol. The highest BCUT2D eigenvalue weighted by Crippen LogP contribution is 2.20. The van der Waals surface area contributed by atoms with Gasteiger partial charge in [0.15, 0.2) is 0 Å². The van der Waals surface area contributed by atoms with Crippen LogP contribution in [0.25, 0.3) is 0 Å². The lowest BCUT2D eigenvalue weighted by Crippen LogP contribution is -2.54. The second-order valence-electron chi connectivity index (χ2n) is 9.06. The zero-order valence-electron chi connectivity index (χ0n) is 20.2. The van der Waals surface area contributed by atoms with Gasteiger partial charge in [-0.3, -0.25) is 9.59 Å². The lowest BCUT2D eigenvalue weighted by Gasteiger charge is -2.29. The molecule has 3 rings (SSSR count). The summed E-state index contributed by atoms with van der Waals surface area (Å²) in [5.41, 5.74) is 0.854. The Morgan fingerprint density at radius 2 is 2.00 bits per heavy atom. The summed E-state index contributed by atoms with van der Waals surface area (Å²) in [6.45, 7) is 5.88. The zero-order chi connectivity index (χ0) is 24.6. The Bertz CT molecular complexity index is 1040. The van der Waals surface area contributed by atoms with Crippen LogP contribution in [0.2, 0.25) is 0 Å². The Labute approximate surface area is 211 Å². The number of alkyl carbamates (subject to hydrolysis) is 1. The number of H-pyrrole nitrogens is 1. The predicted octanol–water partition coefficient (Wildman–Crippen LogP) is 2.43. The normalized spacial score (nSPS) is 15.7. The summed E-state index contributed by atoms with van der Waals surface area (Å²) < 4.78 is 5.37. The molecule has 2 heterocycles. The molecule has 2 aromatic rings. The van der Waals surface area contributed by atoms with Crippen LogP contribution in [0.5, 0.6) is 0 Å². The molecule has 35 heavy (non-hydrogen) atoms. The van der Waals surface area contributed by atoms with Crippen molar-refractivity contribution in [3.05, 3.63) is 54.1 Å². The SMILES string of the molecule is CC(C)(C)OC(=O)N[C@H](Cc1ccccc1)C(=O)N1CCC[C@H]1C(=O)NCC#Cc1cnc[nH]1.Cl. The monoisotopic (exact) mass is 501 g/mol. The number of imidazole rings is 1. The maximum atomic E-state index is 13.5. The van der Waals surface area contributed by atoms with Gasteiger partial charge in [-0.2, -0.15) is 0 Å². The van der Waals surface area contributed by atoms with Crippen LogP contribution in [0.4, 0.5) is 4.79 Å². The fourth-order valence-electron chi connectivity index (χ4n) is 3.72. The van der Waals surface area contributed by atoms with Crippen molar-refractivity contribution in [1.29, 1.82) is 0 Å². The van der Waals surface area contributed by atoms with E-state index in [4.69, 9.17) is 4.74 Å². The number of likely N-dealkylation sites (tertiary alicyclic amines) is 1. The molecule has 3 N–H and O–H groups in total. The number of aromatic amines is 1. The number of aromatic nitrogens is 2. The number of benzene rings is 1. The molecule has 1 fully saturated rings. The number of hydrogen-bond acceptors (Lipinski definition) is 5. The fourth-order valence-corrected chi connectivity index (χ4v) is 3.72. The highest BCUT2D eigenvalue weighted by molar-refractivity contribution is 5.92. The summed E-state index contributed by atoms with van der Waals surface area (Å²) >= 11 is 0. The van der Waals surface area contributed by atoms with Crippen LogP contribution in [-0.2, 0) is 20.7 Å². The molecule has 0 bridgehead atoms. The molecule has 0 aliphatic carbocycles. The molecule has 2 atom stereocenters. The second kappa shape index (κ2) is 12.8. The minimum absolute atomic E-state index is 0. The largest absolute Gasteiger partial charge is 0.444 e. The molecule has 1 aromatic carbocycles. The second-order valence-corrected chi connectivity index (χ2v) is 9.06. The maximum Gasteiger partial charge on any atom is 0.408 e. The lowest BCUT2D eigenvalue weighted by atomic mass is 10.0. The number of halogens is 1. The number of amides is 3. The topological polar surface area (TPSA) is 116 Å². The van der Waals surface area contributed by atoms with Gasteiger partial charge in [0.05, 0.1) is 19.1 Å². The highest BCUT2D eigenvalue weighted by atomic mass is 35.5. The fraction of sp³-hybridized carbons (Fsp3) is 0.440. The van der Waals surface area contributed by atoms with E-state index in [1.165, 1.54) is 6.33 Å². The van der Waals surface area contributed by atoms with Gasteiger partial charge in [0.25, 0.3) is 0 Å². The summed E-state index contributed by atoms with van der Waals surface area (Å²) in [4.78, 5) is 47.1. The van der Waals surface area contributed by atoms with Crippen LogP contribution < -0.4 is 10.6 Å². The van der Waals surface area contributed by atoms with Crippen LogP contribution in [0.3, 0.4) is 0 Å². The Kier molecular flexibility index (Phi) is 10.2. The number of ether oxygens (including phenoxy) is 1. The number of nitrogens with one attached hydrogen (secondary N) is 3. The van der Waals surface area contributed by atoms with Crippen molar-refractivity contribution < 1.29 is 19.1 Å². The van der Waals surface area contributed by atoms with E-state index < -0.39 is 23.8 Å². The molecule has 1 aliphatic rings. The molecule has 0 unspecified atom stereocenters. The van der Waals surface area contributed by atoms with Gasteiger partial charge in [-0.05, 0) is 45.1 Å². The minimum Gasteiger partial charge on any atom is -0.444 e. The van der Waals surface area contributed by atoms with Crippen molar-refractivity contribution in [2.45, 2.75) is 57.7 Å². The molecule has 1 aromatic heterocycles. The van der Waals surface area contributed by atoms with E-state index in [-0.39, 0.29) is 30.8 Å². The van der Waals surface area contributed by atoms with E-state index in [9.17, 15) is 14.4 Å².